The van der Waals surface area contributed by atoms with Crippen molar-refractivity contribution in [3.05, 3.63) is 52.9 Å². The fourth-order valence-corrected chi connectivity index (χ4v) is 4.81. The van der Waals surface area contributed by atoms with Gasteiger partial charge in [0.2, 0.25) is 0 Å². The number of rotatable bonds is 5. The van der Waals surface area contributed by atoms with Crippen molar-refractivity contribution in [3.8, 4) is 0 Å². The lowest BCUT2D eigenvalue weighted by Crippen LogP contribution is -2.69. The maximum atomic E-state index is 13.5. The molecule has 1 aromatic rings. The summed E-state index contributed by atoms with van der Waals surface area (Å²) in [6, 6.07) is 8.32. The van der Waals surface area contributed by atoms with E-state index in [4.69, 9.17) is 18.9 Å². The molecule has 0 unspecified atom stereocenters. The number of para-hydroxylation sites is 1. The Labute approximate surface area is 203 Å². The molecule has 0 saturated carbocycles. The van der Waals surface area contributed by atoms with Crippen LogP contribution in [0.2, 0.25) is 0 Å². The summed E-state index contributed by atoms with van der Waals surface area (Å²) in [6.07, 6.45) is 0.696. The zero-order valence-electron chi connectivity index (χ0n) is 20.6. The van der Waals surface area contributed by atoms with Gasteiger partial charge in [-0.05, 0) is 32.6 Å². The first-order valence-electron chi connectivity index (χ1n) is 10.8. The number of esters is 4. The Morgan fingerprint density at radius 3 is 1.46 bits per heavy atom. The molecule has 0 N–H and O–H groups in total. The van der Waals surface area contributed by atoms with Crippen LogP contribution in [0.25, 0.3) is 0 Å². The van der Waals surface area contributed by atoms with Gasteiger partial charge in [-0.2, -0.15) is 0 Å². The van der Waals surface area contributed by atoms with E-state index in [2.05, 4.69) is 0 Å². The number of carbonyl (C=O) groups is 4. The molecule has 0 radical (unpaired) electrons. The van der Waals surface area contributed by atoms with Crippen molar-refractivity contribution >= 4 is 29.6 Å². The second-order valence-corrected chi connectivity index (χ2v) is 7.95. The number of benzene rings is 1. The third-order valence-corrected chi connectivity index (χ3v) is 6.26. The van der Waals surface area contributed by atoms with E-state index < -0.39 is 29.5 Å². The molecule has 35 heavy (non-hydrogen) atoms. The first-order valence-corrected chi connectivity index (χ1v) is 10.8. The molecule has 11 nitrogen and oxygen atoms in total. The summed E-state index contributed by atoms with van der Waals surface area (Å²) in [5.41, 5.74) is -2.32. The van der Waals surface area contributed by atoms with Crippen LogP contribution < -0.4 is 4.90 Å². The molecule has 1 fully saturated rings. The summed E-state index contributed by atoms with van der Waals surface area (Å²) in [6.45, 7) is 0.860. The van der Waals surface area contributed by atoms with Crippen LogP contribution in [0.1, 0.15) is 6.42 Å². The van der Waals surface area contributed by atoms with Gasteiger partial charge in [-0.15, -0.1) is 0 Å². The molecular formula is C24H29N3O8. The van der Waals surface area contributed by atoms with Gasteiger partial charge in [-0.3, -0.25) is 14.7 Å². The minimum absolute atomic E-state index is 0.187. The number of hydrogen-bond acceptors (Lipinski definition) is 11. The van der Waals surface area contributed by atoms with Crippen LogP contribution in [0.4, 0.5) is 5.69 Å². The highest BCUT2D eigenvalue weighted by Gasteiger charge is 2.61. The predicted octanol–water partition coefficient (Wildman–Crippen LogP) is 0.670. The van der Waals surface area contributed by atoms with Gasteiger partial charge in [-0.1, -0.05) is 18.2 Å². The van der Waals surface area contributed by atoms with Crippen LogP contribution in [-0.4, -0.2) is 95.0 Å². The highest BCUT2D eigenvalue weighted by molar-refractivity contribution is 6.15. The van der Waals surface area contributed by atoms with Crippen molar-refractivity contribution in [3.63, 3.8) is 0 Å². The molecule has 1 saturated heterocycles. The highest BCUT2D eigenvalue weighted by Crippen LogP contribution is 2.48. The van der Waals surface area contributed by atoms with Crippen molar-refractivity contribution in [2.45, 2.75) is 12.1 Å². The van der Waals surface area contributed by atoms with Crippen LogP contribution in [-0.2, 0) is 38.1 Å². The van der Waals surface area contributed by atoms with E-state index in [0.717, 1.165) is 14.2 Å². The van der Waals surface area contributed by atoms with E-state index >= 15 is 0 Å². The fraction of sp³-hybridized carbons (Fsp3) is 0.417. The molecule has 1 aromatic carbocycles. The van der Waals surface area contributed by atoms with Gasteiger partial charge in [0, 0.05) is 18.8 Å². The first kappa shape index (κ1) is 25.9. The maximum absolute atomic E-state index is 13.5. The predicted molar refractivity (Wildman–Crippen MR) is 124 cm³/mol. The van der Waals surface area contributed by atoms with E-state index in [1.807, 2.05) is 0 Å². The van der Waals surface area contributed by atoms with Crippen molar-refractivity contribution in [1.82, 2.24) is 9.80 Å². The lowest BCUT2D eigenvalue weighted by atomic mass is 9.79. The highest BCUT2D eigenvalue weighted by atomic mass is 16.5. The second kappa shape index (κ2) is 10.3. The second-order valence-electron chi connectivity index (χ2n) is 7.95. The number of carbonyl (C=O) groups excluding carboxylic acids is 4. The average molecular weight is 488 g/mol. The maximum Gasteiger partial charge on any atom is 0.355 e. The minimum atomic E-state index is -1.70. The molecule has 0 aromatic heterocycles. The molecule has 2 aliphatic heterocycles. The first-order chi connectivity index (χ1) is 16.7. The Morgan fingerprint density at radius 2 is 1.09 bits per heavy atom. The van der Waals surface area contributed by atoms with Gasteiger partial charge in [0.1, 0.15) is 28.2 Å². The van der Waals surface area contributed by atoms with E-state index in [-0.39, 0.29) is 22.5 Å². The van der Waals surface area contributed by atoms with Crippen molar-refractivity contribution in [2.75, 3.05) is 60.5 Å². The molecule has 0 amide bonds. The lowest BCUT2D eigenvalue weighted by Gasteiger charge is -2.55. The molecule has 0 atom stereocenters. The number of nitrogens with zero attached hydrogens (tertiary/aromatic N) is 3. The number of methoxy groups -OCH3 is 4. The Balaban J connectivity index is 2.65. The lowest BCUT2D eigenvalue weighted by molar-refractivity contribution is -0.147. The fourth-order valence-electron chi connectivity index (χ4n) is 4.81. The third-order valence-electron chi connectivity index (χ3n) is 6.26. The molecule has 2 heterocycles. The summed E-state index contributed by atoms with van der Waals surface area (Å²) >= 11 is 0. The van der Waals surface area contributed by atoms with Gasteiger partial charge < -0.3 is 18.9 Å². The topological polar surface area (TPSA) is 115 Å². The molecule has 0 aliphatic carbocycles. The summed E-state index contributed by atoms with van der Waals surface area (Å²) in [7, 11) is 8.03. The van der Waals surface area contributed by atoms with Gasteiger partial charge in [0.05, 0.1) is 28.4 Å². The van der Waals surface area contributed by atoms with Crippen molar-refractivity contribution in [1.29, 1.82) is 0 Å². The molecule has 11 heteroatoms. The summed E-state index contributed by atoms with van der Waals surface area (Å²) in [5.74, 6) is -3.58. The van der Waals surface area contributed by atoms with Gasteiger partial charge in [0.15, 0.2) is 0 Å². The molecule has 0 bridgehead atoms. The van der Waals surface area contributed by atoms with Crippen LogP contribution >= 0.6 is 0 Å². The third kappa shape index (κ3) is 3.96. The van der Waals surface area contributed by atoms with Crippen LogP contribution in [0.3, 0.4) is 0 Å². The Morgan fingerprint density at radius 1 is 0.686 bits per heavy atom. The average Bonchev–Trinajstić information content (AvgIpc) is 2.89. The largest absolute Gasteiger partial charge is 0.465 e. The summed E-state index contributed by atoms with van der Waals surface area (Å²) < 4.78 is 20.4. The van der Waals surface area contributed by atoms with E-state index in [1.54, 1.807) is 54.2 Å². The van der Waals surface area contributed by atoms with E-state index in [9.17, 15) is 19.2 Å². The molecular weight excluding hydrogens is 458 g/mol. The van der Waals surface area contributed by atoms with Crippen LogP contribution in [0.15, 0.2) is 52.9 Å². The normalized spacial score (nSPS) is 18.4. The number of hydrogen-bond donors (Lipinski definition) is 0. The minimum Gasteiger partial charge on any atom is -0.465 e. The van der Waals surface area contributed by atoms with Crippen LogP contribution in [0.5, 0.6) is 0 Å². The SMILES string of the molecule is COC(=O)C1=C(C(=O)OC)C2(C(C(=O)OC)=C(C(=O)OC)N1c1ccccc1)N(C)CCCN2C. The van der Waals surface area contributed by atoms with Gasteiger partial charge in [-0.25, -0.2) is 19.2 Å². The Hall–Kier alpha value is -3.70. The molecule has 3 rings (SSSR count). The standard InChI is InChI=1S/C24H29N3O8/c1-25-13-10-14-26(2)24(25)16(20(28)32-3)18(22(30)34-5)27(15-11-8-7-9-12-15)19(23(31)35-6)17(24)21(29)33-4/h7-9,11-12H,10,13-14H2,1-6H3. The summed E-state index contributed by atoms with van der Waals surface area (Å²) in [5, 5.41) is 0. The molecule has 2 aliphatic rings. The molecule has 1 spiro atoms. The number of anilines is 1. The van der Waals surface area contributed by atoms with Crippen molar-refractivity contribution in [2.24, 2.45) is 0 Å². The smallest absolute Gasteiger partial charge is 0.355 e. The zero-order valence-corrected chi connectivity index (χ0v) is 20.6. The van der Waals surface area contributed by atoms with Crippen LogP contribution in [0, 0.1) is 0 Å². The monoisotopic (exact) mass is 487 g/mol. The van der Waals surface area contributed by atoms with Crippen molar-refractivity contribution < 1.29 is 38.1 Å². The number of likely N-dealkylation sites (N-methyl/N-ethyl adjacent to an activating group) is 2. The Bertz CT molecular complexity index is 1030. The Kier molecular flexibility index (Phi) is 7.61. The summed E-state index contributed by atoms with van der Waals surface area (Å²) in [4.78, 5) is 58.3. The molecule has 188 valence electrons. The number of ether oxygens (including phenoxy) is 4. The van der Waals surface area contributed by atoms with E-state index in [0.29, 0.717) is 25.2 Å². The zero-order chi connectivity index (χ0) is 25.9. The van der Waals surface area contributed by atoms with Gasteiger partial charge >= 0.3 is 23.9 Å². The van der Waals surface area contributed by atoms with Gasteiger partial charge in [0.25, 0.3) is 0 Å². The van der Waals surface area contributed by atoms with E-state index in [1.165, 1.54) is 19.1 Å². The quantitative estimate of drug-likeness (QED) is 0.431.